The molecule has 84 valence electrons. The zero-order valence-electron chi connectivity index (χ0n) is 8.85. The van der Waals surface area contributed by atoms with Crippen molar-refractivity contribution < 1.29 is 4.52 Å². The van der Waals surface area contributed by atoms with Gasteiger partial charge in [-0.3, -0.25) is 4.68 Å². The molecule has 1 saturated carbocycles. The molecule has 1 aliphatic carbocycles. The van der Waals surface area contributed by atoms with Crippen molar-refractivity contribution in [3.05, 3.63) is 28.6 Å². The van der Waals surface area contributed by atoms with Crippen molar-refractivity contribution in [2.75, 3.05) is 0 Å². The van der Waals surface area contributed by atoms with Crippen LogP contribution in [0.2, 0.25) is 5.02 Å². The van der Waals surface area contributed by atoms with Crippen LogP contribution in [0.5, 0.6) is 0 Å². The van der Waals surface area contributed by atoms with Crippen LogP contribution in [0.3, 0.4) is 0 Å². The third kappa shape index (κ3) is 1.71. The van der Waals surface area contributed by atoms with Gasteiger partial charge < -0.3 is 4.52 Å². The molecule has 16 heavy (non-hydrogen) atoms. The van der Waals surface area contributed by atoms with Gasteiger partial charge in [0.1, 0.15) is 6.54 Å². The summed E-state index contributed by atoms with van der Waals surface area (Å²) in [5, 5.41) is 8.73. The number of aromatic nitrogens is 4. The summed E-state index contributed by atoms with van der Waals surface area (Å²) in [7, 11) is 0. The van der Waals surface area contributed by atoms with E-state index in [1.165, 1.54) is 0 Å². The van der Waals surface area contributed by atoms with Crippen molar-refractivity contribution in [3.8, 4) is 0 Å². The molecule has 0 bridgehead atoms. The van der Waals surface area contributed by atoms with Crippen LogP contribution >= 0.6 is 11.6 Å². The average Bonchev–Trinajstić information content (AvgIpc) is 2.96. The summed E-state index contributed by atoms with van der Waals surface area (Å²) in [5.41, 5.74) is 0.916. The lowest BCUT2D eigenvalue weighted by molar-refractivity contribution is 0.372. The third-order valence-corrected chi connectivity index (χ3v) is 3.12. The summed E-state index contributed by atoms with van der Waals surface area (Å²) in [6, 6.07) is 0. The molecule has 0 N–H and O–H groups in total. The lowest BCUT2D eigenvalue weighted by Gasteiger charge is -1.98. The van der Waals surface area contributed by atoms with Crippen LogP contribution in [-0.2, 0) is 6.54 Å². The van der Waals surface area contributed by atoms with E-state index in [0.29, 0.717) is 23.3 Å². The second-order valence-corrected chi connectivity index (χ2v) is 4.47. The van der Waals surface area contributed by atoms with E-state index in [0.717, 1.165) is 24.4 Å². The van der Waals surface area contributed by atoms with Gasteiger partial charge in [-0.25, -0.2) is 0 Å². The van der Waals surface area contributed by atoms with E-state index in [-0.39, 0.29) is 0 Å². The third-order valence-electron chi connectivity index (χ3n) is 2.74. The molecule has 2 aromatic heterocycles. The van der Waals surface area contributed by atoms with E-state index in [1.807, 2.05) is 6.92 Å². The Kier molecular flexibility index (Phi) is 2.21. The molecule has 0 radical (unpaired) electrons. The molecule has 0 atom stereocenters. The molecule has 0 saturated heterocycles. The number of hydrogen-bond donors (Lipinski definition) is 0. The lowest BCUT2D eigenvalue weighted by Crippen LogP contribution is -2.05. The number of halogens is 1. The highest BCUT2D eigenvalue weighted by Crippen LogP contribution is 2.38. The molecule has 0 spiro atoms. The molecule has 2 heterocycles. The summed E-state index contributed by atoms with van der Waals surface area (Å²) in [5.74, 6) is 1.90. The molecule has 1 fully saturated rings. The Hall–Kier alpha value is -1.36. The number of nitrogens with zero attached hydrogens (tertiary/aromatic N) is 4. The highest BCUT2D eigenvalue weighted by atomic mass is 35.5. The van der Waals surface area contributed by atoms with Crippen LogP contribution in [0, 0.1) is 6.92 Å². The second kappa shape index (κ2) is 3.59. The molecule has 0 unspecified atom stereocenters. The van der Waals surface area contributed by atoms with Gasteiger partial charge in [0, 0.05) is 5.92 Å². The molecule has 1 aliphatic rings. The summed E-state index contributed by atoms with van der Waals surface area (Å²) < 4.78 is 6.94. The number of hydrogen-bond acceptors (Lipinski definition) is 4. The van der Waals surface area contributed by atoms with Crippen molar-refractivity contribution in [1.82, 2.24) is 19.9 Å². The Morgan fingerprint density at radius 2 is 2.38 bits per heavy atom. The summed E-state index contributed by atoms with van der Waals surface area (Å²) in [6.07, 6.45) is 3.95. The minimum Gasteiger partial charge on any atom is -0.339 e. The predicted octanol–water partition coefficient (Wildman–Crippen LogP) is 2.15. The van der Waals surface area contributed by atoms with Crippen LogP contribution in [0.4, 0.5) is 0 Å². The first-order valence-corrected chi connectivity index (χ1v) is 5.62. The Balaban J connectivity index is 1.80. The molecule has 6 heteroatoms. The molecular formula is C10H11ClN4O. The van der Waals surface area contributed by atoms with Crippen LogP contribution in [0.1, 0.15) is 36.2 Å². The van der Waals surface area contributed by atoms with Gasteiger partial charge in [0.15, 0.2) is 5.82 Å². The van der Waals surface area contributed by atoms with E-state index in [9.17, 15) is 0 Å². The Morgan fingerprint density at radius 1 is 1.56 bits per heavy atom. The quantitative estimate of drug-likeness (QED) is 0.822. The fraction of sp³-hybridized carbons (Fsp3) is 0.500. The van der Waals surface area contributed by atoms with Gasteiger partial charge in [-0.05, 0) is 19.8 Å². The first kappa shape index (κ1) is 9.84. The monoisotopic (exact) mass is 238 g/mol. The molecule has 0 aliphatic heterocycles. The van der Waals surface area contributed by atoms with Gasteiger partial charge in [0.2, 0.25) is 5.89 Å². The predicted molar refractivity (Wildman–Crippen MR) is 57.3 cm³/mol. The highest BCUT2D eigenvalue weighted by molar-refractivity contribution is 6.31. The molecule has 5 nitrogen and oxygen atoms in total. The minimum atomic E-state index is 0.489. The topological polar surface area (TPSA) is 56.7 Å². The number of rotatable bonds is 3. The van der Waals surface area contributed by atoms with Gasteiger partial charge in [0.05, 0.1) is 16.9 Å². The van der Waals surface area contributed by atoms with Crippen molar-refractivity contribution >= 4 is 11.6 Å². The standard InChI is InChI=1S/C10H11ClN4O/c1-6-8(11)4-12-15(6)5-9-13-10(16-14-9)7-2-3-7/h4,7H,2-3,5H2,1H3. The molecular weight excluding hydrogens is 228 g/mol. The van der Waals surface area contributed by atoms with E-state index >= 15 is 0 Å². The van der Waals surface area contributed by atoms with Crippen molar-refractivity contribution in [3.63, 3.8) is 0 Å². The fourth-order valence-electron chi connectivity index (χ4n) is 1.54. The second-order valence-electron chi connectivity index (χ2n) is 4.06. The van der Waals surface area contributed by atoms with Gasteiger partial charge in [-0.15, -0.1) is 0 Å². The highest BCUT2D eigenvalue weighted by Gasteiger charge is 2.29. The normalized spacial score (nSPS) is 15.6. The summed E-state index contributed by atoms with van der Waals surface area (Å²) >= 11 is 5.91. The molecule has 0 aromatic carbocycles. The molecule has 0 amide bonds. The van der Waals surface area contributed by atoms with E-state index in [4.69, 9.17) is 16.1 Å². The largest absolute Gasteiger partial charge is 0.339 e. The van der Waals surface area contributed by atoms with Crippen molar-refractivity contribution in [2.24, 2.45) is 0 Å². The van der Waals surface area contributed by atoms with Gasteiger partial charge in [-0.1, -0.05) is 16.8 Å². The summed E-state index contributed by atoms with van der Waals surface area (Å²) in [4.78, 5) is 4.34. The van der Waals surface area contributed by atoms with Crippen molar-refractivity contribution in [1.29, 1.82) is 0 Å². The first-order chi connectivity index (χ1) is 7.74. The fourth-order valence-corrected chi connectivity index (χ4v) is 1.69. The first-order valence-electron chi connectivity index (χ1n) is 5.24. The van der Waals surface area contributed by atoms with Gasteiger partial charge in [-0.2, -0.15) is 10.1 Å². The molecule has 2 aromatic rings. The van der Waals surface area contributed by atoms with Crippen LogP contribution in [0.25, 0.3) is 0 Å². The SMILES string of the molecule is Cc1c(Cl)cnn1Cc1noc(C2CC2)n1. The van der Waals surface area contributed by atoms with Crippen molar-refractivity contribution in [2.45, 2.75) is 32.2 Å². The van der Waals surface area contributed by atoms with Crippen LogP contribution in [-0.4, -0.2) is 19.9 Å². The van der Waals surface area contributed by atoms with Crippen LogP contribution < -0.4 is 0 Å². The Labute approximate surface area is 97.4 Å². The zero-order chi connectivity index (χ0) is 11.1. The van der Waals surface area contributed by atoms with E-state index < -0.39 is 0 Å². The van der Waals surface area contributed by atoms with E-state index in [1.54, 1.807) is 10.9 Å². The average molecular weight is 239 g/mol. The maximum Gasteiger partial charge on any atom is 0.229 e. The maximum atomic E-state index is 5.91. The Bertz CT molecular complexity index is 515. The zero-order valence-corrected chi connectivity index (χ0v) is 9.61. The van der Waals surface area contributed by atoms with Gasteiger partial charge in [0.25, 0.3) is 0 Å². The maximum absolute atomic E-state index is 5.91. The van der Waals surface area contributed by atoms with Gasteiger partial charge >= 0.3 is 0 Å². The molecule has 3 rings (SSSR count). The smallest absolute Gasteiger partial charge is 0.229 e. The Morgan fingerprint density at radius 3 is 3.00 bits per heavy atom. The summed E-state index contributed by atoms with van der Waals surface area (Å²) in [6.45, 7) is 2.42. The minimum absolute atomic E-state index is 0.489. The van der Waals surface area contributed by atoms with Crippen LogP contribution in [0.15, 0.2) is 10.7 Å². The lowest BCUT2D eigenvalue weighted by atomic mass is 10.4. The van der Waals surface area contributed by atoms with E-state index in [2.05, 4.69) is 15.2 Å².